The predicted octanol–water partition coefficient (Wildman–Crippen LogP) is 2.18. The van der Waals surface area contributed by atoms with Crippen molar-refractivity contribution in [3.8, 4) is 0 Å². The molecule has 0 radical (unpaired) electrons. The van der Waals surface area contributed by atoms with Gasteiger partial charge < -0.3 is 16.4 Å². The summed E-state index contributed by atoms with van der Waals surface area (Å²) in [6, 6.07) is 7.77. The number of nitrogens with two attached hydrogens (primary N) is 1. The Labute approximate surface area is 102 Å². The van der Waals surface area contributed by atoms with E-state index in [1.54, 1.807) is 0 Å². The first-order valence-electron chi connectivity index (χ1n) is 6.08. The number of anilines is 1. The van der Waals surface area contributed by atoms with Gasteiger partial charge in [0.25, 0.3) is 0 Å². The van der Waals surface area contributed by atoms with Crippen molar-refractivity contribution in [1.29, 1.82) is 0 Å². The van der Waals surface area contributed by atoms with Gasteiger partial charge in [-0.1, -0.05) is 18.2 Å². The Balaban J connectivity index is 1.89. The molecule has 0 saturated heterocycles. The summed E-state index contributed by atoms with van der Waals surface area (Å²) in [5.41, 5.74) is 7.53. The van der Waals surface area contributed by atoms with Crippen LogP contribution in [0.3, 0.4) is 0 Å². The lowest BCUT2D eigenvalue weighted by atomic mass is 9.93. The van der Waals surface area contributed by atoms with E-state index in [-0.39, 0.29) is 12.1 Å². The third-order valence-corrected chi connectivity index (χ3v) is 3.25. The van der Waals surface area contributed by atoms with Crippen molar-refractivity contribution < 1.29 is 4.79 Å². The maximum Gasteiger partial charge on any atom is 0.315 e. The molecule has 4 nitrogen and oxygen atoms in total. The van der Waals surface area contributed by atoms with Crippen LogP contribution in [0.15, 0.2) is 24.3 Å². The Morgan fingerprint density at radius 3 is 2.71 bits per heavy atom. The molecule has 17 heavy (non-hydrogen) atoms. The van der Waals surface area contributed by atoms with E-state index in [9.17, 15) is 4.79 Å². The number of hydrogen-bond donors (Lipinski definition) is 3. The summed E-state index contributed by atoms with van der Waals surface area (Å²) in [5, 5.41) is 5.85. The molecule has 92 valence electrons. The highest BCUT2D eigenvalue weighted by molar-refractivity contribution is 5.75. The summed E-state index contributed by atoms with van der Waals surface area (Å²) in [6.45, 7) is 1.94. The van der Waals surface area contributed by atoms with Gasteiger partial charge in [-0.25, -0.2) is 4.79 Å². The van der Waals surface area contributed by atoms with Gasteiger partial charge in [0.1, 0.15) is 0 Å². The molecule has 1 saturated carbocycles. The van der Waals surface area contributed by atoms with Gasteiger partial charge in [0.05, 0.1) is 6.04 Å². The average molecular weight is 233 g/mol. The number of amides is 2. The minimum atomic E-state index is -0.106. The molecule has 1 aromatic rings. The third-order valence-electron chi connectivity index (χ3n) is 3.25. The van der Waals surface area contributed by atoms with Crippen LogP contribution in [0.5, 0.6) is 0 Å². The summed E-state index contributed by atoms with van der Waals surface area (Å²) in [7, 11) is 0. The van der Waals surface area contributed by atoms with Crippen molar-refractivity contribution in [2.45, 2.75) is 38.3 Å². The minimum absolute atomic E-state index is 0.0729. The van der Waals surface area contributed by atoms with E-state index in [1.807, 2.05) is 31.2 Å². The van der Waals surface area contributed by atoms with Gasteiger partial charge >= 0.3 is 6.03 Å². The number of hydrogen-bond acceptors (Lipinski definition) is 2. The average Bonchev–Trinajstić information content (AvgIpc) is 2.24. The summed E-state index contributed by atoms with van der Waals surface area (Å²) in [4.78, 5) is 11.7. The molecule has 1 atom stereocenters. The quantitative estimate of drug-likeness (QED) is 0.700. The normalized spacial score (nSPS) is 17.0. The van der Waals surface area contributed by atoms with E-state index in [4.69, 9.17) is 5.73 Å². The number of urea groups is 1. The third kappa shape index (κ3) is 2.90. The topological polar surface area (TPSA) is 67.2 Å². The Morgan fingerprint density at radius 2 is 2.12 bits per heavy atom. The zero-order valence-electron chi connectivity index (χ0n) is 10.1. The molecule has 1 unspecified atom stereocenters. The first-order valence-corrected chi connectivity index (χ1v) is 6.08. The first kappa shape index (κ1) is 11.8. The lowest BCUT2D eigenvalue weighted by Gasteiger charge is -2.27. The second kappa shape index (κ2) is 5.08. The van der Waals surface area contributed by atoms with Crippen LogP contribution in [0.4, 0.5) is 10.5 Å². The highest BCUT2D eigenvalue weighted by Gasteiger charge is 2.20. The zero-order valence-corrected chi connectivity index (χ0v) is 10.1. The highest BCUT2D eigenvalue weighted by atomic mass is 16.2. The van der Waals surface area contributed by atoms with Crippen LogP contribution in [0.2, 0.25) is 0 Å². The van der Waals surface area contributed by atoms with Crippen molar-refractivity contribution in [2.24, 2.45) is 0 Å². The Kier molecular flexibility index (Phi) is 3.52. The lowest BCUT2D eigenvalue weighted by molar-refractivity contribution is 0.225. The van der Waals surface area contributed by atoms with E-state index in [0.717, 1.165) is 18.4 Å². The van der Waals surface area contributed by atoms with Gasteiger partial charge in [0.15, 0.2) is 0 Å². The molecule has 0 bridgehead atoms. The van der Waals surface area contributed by atoms with E-state index >= 15 is 0 Å². The molecule has 0 heterocycles. The summed E-state index contributed by atoms with van der Waals surface area (Å²) < 4.78 is 0. The van der Waals surface area contributed by atoms with E-state index < -0.39 is 0 Å². The van der Waals surface area contributed by atoms with Crippen molar-refractivity contribution in [3.63, 3.8) is 0 Å². The van der Waals surface area contributed by atoms with Gasteiger partial charge in [-0.05, 0) is 37.8 Å². The van der Waals surface area contributed by atoms with Crippen molar-refractivity contribution in [2.75, 3.05) is 5.73 Å². The molecule has 4 heteroatoms. The van der Waals surface area contributed by atoms with E-state index in [1.165, 1.54) is 6.42 Å². The summed E-state index contributed by atoms with van der Waals surface area (Å²) in [5.74, 6) is 0. The molecule has 1 aliphatic rings. The van der Waals surface area contributed by atoms with Gasteiger partial charge in [-0.3, -0.25) is 0 Å². The van der Waals surface area contributed by atoms with Crippen LogP contribution in [-0.4, -0.2) is 12.1 Å². The van der Waals surface area contributed by atoms with Crippen molar-refractivity contribution in [1.82, 2.24) is 10.6 Å². The standard InChI is InChI=1S/C13H19N3O/c1-9(11-7-2-3-8-12(11)14)15-13(17)16-10-5-4-6-10/h2-3,7-10H,4-6,14H2,1H3,(H2,15,16,17). The lowest BCUT2D eigenvalue weighted by Crippen LogP contribution is -2.45. The molecule has 2 amide bonds. The Hall–Kier alpha value is -1.71. The molecule has 4 N–H and O–H groups in total. The van der Waals surface area contributed by atoms with E-state index in [0.29, 0.717) is 11.7 Å². The van der Waals surface area contributed by atoms with Gasteiger partial charge in [0, 0.05) is 11.7 Å². The van der Waals surface area contributed by atoms with Crippen LogP contribution in [-0.2, 0) is 0 Å². The number of nitrogen functional groups attached to an aromatic ring is 1. The van der Waals surface area contributed by atoms with Crippen LogP contribution < -0.4 is 16.4 Å². The van der Waals surface area contributed by atoms with Gasteiger partial charge in [0.2, 0.25) is 0 Å². The fourth-order valence-electron chi connectivity index (χ4n) is 1.96. The van der Waals surface area contributed by atoms with Crippen LogP contribution in [0, 0.1) is 0 Å². The van der Waals surface area contributed by atoms with Gasteiger partial charge in [-0.15, -0.1) is 0 Å². The Morgan fingerprint density at radius 1 is 1.41 bits per heavy atom. The van der Waals surface area contributed by atoms with Crippen molar-refractivity contribution in [3.05, 3.63) is 29.8 Å². The van der Waals surface area contributed by atoms with Crippen LogP contribution in [0.1, 0.15) is 37.8 Å². The molecule has 0 aromatic heterocycles. The first-order chi connectivity index (χ1) is 8.16. The number of rotatable bonds is 3. The minimum Gasteiger partial charge on any atom is -0.398 e. The number of nitrogens with one attached hydrogen (secondary N) is 2. The Bertz CT molecular complexity index is 401. The smallest absolute Gasteiger partial charge is 0.315 e. The zero-order chi connectivity index (χ0) is 12.3. The summed E-state index contributed by atoms with van der Waals surface area (Å²) in [6.07, 6.45) is 3.40. The monoisotopic (exact) mass is 233 g/mol. The second-order valence-corrected chi connectivity index (χ2v) is 4.60. The molecular weight excluding hydrogens is 214 g/mol. The van der Waals surface area contributed by atoms with Crippen LogP contribution in [0.25, 0.3) is 0 Å². The maximum atomic E-state index is 11.7. The summed E-state index contributed by atoms with van der Waals surface area (Å²) >= 11 is 0. The number of carbonyl (C=O) groups is 1. The number of carbonyl (C=O) groups excluding carboxylic acids is 1. The second-order valence-electron chi connectivity index (χ2n) is 4.60. The largest absolute Gasteiger partial charge is 0.398 e. The molecule has 1 fully saturated rings. The predicted molar refractivity (Wildman–Crippen MR) is 68.6 cm³/mol. The molecule has 0 aliphatic heterocycles. The molecule has 0 spiro atoms. The fraction of sp³-hybridized carbons (Fsp3) is 0.462. The van der Waals surface area contributed by atoms with Crippen LogP contribution >= 0.6 is 0 Å². The fourth-order valence-corrected chi connectivity index (χ4v) is 1.96. The molecular formula is C13H19N3O. The molecule has 1 aliphatic carbocycles. The SMILES string of the molecule is CC(NC(=O)NC1CCC1)c1ccccc1N. The van der Waals surface area contributed by atoms with Gasteiger partial charge in [-0.2, -0.15) is 0 Å². The number of benzene rings is 1. The molecule has 1 aromatic carbocycles. The highest BCUT2D eigenvalue weighted by Crippen LogP contribution is 2.20. The maximum absolute atomic E-state index is 11.7. The number of para-hydroxylation sites is 1. The van der Waals surface area contributed by atoms with Crippen molar-refractivity contribution >= 4 is 11.7 Å². The molecule has 2 rings (SSSR count). The van der Waals surface area contributed by atoms with E-state index in [2.05, 4.69) is 10.6 Å².